The largest absolute Gasteiger partial charge is 0.496 e. The number of benzene rings is 1. The van der Waals surface area contributed by atoms with Crippen molar-refractivity contribution in [2.45, 2.75) is 45.7 Å². The standard InChI is InChI=1S/C21H27N5O3/c1-14-6-4-7-16(19(14)29-3)21(28)25-10-5-8-17(25)20-23-22-18-9-11-24(15(2)27)12-13-26(18)20/h4,6-7,17H,5,8-13H2,1-3H3/t17-/m1/s1. The van der Waals surface area contributed by atoms with E-state index < -0.39 is 0 Å². The fraction of sp³-hybridized carbons (Fsp3) is 0.524. The quantitative estimate of drug-likeness (QED) is 0.791. The lowest BCUT2D eigenvalue weighted by Gasteiger charge is -2.26. The lowest BCUT2D eigenvalue weighted by Crippen LogP contribution is -2.33. The number of aryl methyl sites for hydroxylation is 1. The predicted molar refractivity (Wildman–Crippen MR) is 107 cm³/mol. The van der Waals surface area contributed by atoms with Crippen molar-refractivity contribution in [3.8, 4) is 5.75 Å². The molecule has 0 saturated carbocycles. The van der Waals surface area contributed by atoms with Gasteiger partial charge in [-0.3, -0.25) is 9.59 Å². The number of hydrogen-bond donors (Lipinski definition) is 0. The Morgan fingerprint density at radius 3 is 2.72 bits per heavy atom. The van der Waals surface area contributed by atoms with Gasteiger partial charge in [0.05, 0.1) is 18.7 Å². The van der Waals surface area contributed by atoms with Crippen LogP contribution in [0.3, 0.4) is 0 Å². The van der Waals surface area contributed by atoms with E-state index in [-0.39, 0.29) is 17.9 Å². The lowest BCUT2D eigenvalue weighted by molar-refractivity contribution is -0.128. The average Bonchev–Trinajstić information content (AvgIpc) is 3.28. The third-order valence-corrected chi connectivity index (χ3v) is 5.96. The first kappa shape index (κ1) is 19.4. The van der Waals surface area contributed by atoms with Crippen LogP contribution in [0.25, 0.3) is 0 Å². The number of para-hydroxylation sites is 1. The zero-order valence-electron chi connectivity index (χ0n) is 17.2. The number of methoxy groups -OCH3 is 1. The van der Waals surface area contributed by atoms with Gasteiger partial charge in [0.2, 0.25) is 5.91 Å². The van der Waals surface area contributed by atoms with Gasteiger partial charge in [-0.05, 0) is 31.4 Å². The van der Waals surface area contributed by atoms with E-state index in [0.717, 1.165) is 30.1 Å². The fourth-order valence-corrected chi connectivity index (χ4v) is 4.43. The molecular formula is C21H27N5O3. The maximum absolute atomic E-state index is 13.4. The molecular weight excluding hydrogens is 370 g/mol. The number of fused-ring (bicyclic) bond motifs is 1. The molecule has 1 aromatic carbocycles. The van der Waals surface area contributed by atoms with Crippen LogP contribution in [0.4, 0.5) is 0 Å². The Balaban J connectivity index is 1.63. The van der Waals surface area contributed by atoms with Crippen LogP contribution < -0.4 is 4.74 Å². The third-order valence-electron chi connectivity index (χ3n) is 5.96. The number of nitrogens with zero attached hydrogens (tertiary/aromatic N) is 5. The highest BCUT2D eigenvalue weighted by Crippen LogP contribution is 2.35. The predicted octanol–water partition coefficient (Wildman–Crippen LogP) is 1.98. The van der Waals surface area contributed by atoms with Crippen molar-refractivity contribution >= 4 is 11.8 Å². The molecule has 1 fully saturated rings. The van der Waals surface area contributed by atoms with Crippen LogP contribution in [0, 0.1) is 6.92 Å². The summed E-state index contributed by atoms with van der Waals surface area (Å²) in [5, 5.41) is 8.84. The average molecular weight is 397 g/mol. The minimum atomic E-state index is -0.113. The summed E-state index contributed by atoms with van der Waals surface area (Å²) in [6.07, 6.45) is 2.46. The van der Waals surface area contributed by atoms with Gasteiger partial charge in [-0.2, -0.15) is 0 Å². The van der Waals surface area contributed by atoms with E-state index in [1.165, 1.54) is 0 Å². The molecule has 1 saturated heterocycles. The minimum absolute atomic E-state index is 0.0376. The van der Waals surface area contributed by atoms with Crippen molar-refractivity contribution in [1.29, 1.82) is 0 Å². The minimum Gasteiger partial charge on any atom is -0.496 e. The zero-order chi connectivity index (χ0) is 20.5. The van der Waals surface area contributed by atoms with Gasteiger partial charge in [0, 0.05) is 39.5 Å². The highest BCUT2D eigenvalue weighted by atomic mass is 16.5. The van der Waals surface area contributed by atoms with Crippen molar-refractivity contribution in [1.82, 2.24) is 24.6 Å². The lowest BCUT2D eigenvalue weighted by atomic mass is 10.1. The van der Waals surface area contributed by atoms with E-state index in [1.54, 1.807) is 14.0 Å². The number of rotatable bonds is 3. The van der Waals surface area contributed by atoms with Gasteiger partial charge in [0.1, 0.15) is 11.6 Å². The molecule has 0 aliphatic carbocycles. The molecule has 0 N–H and O–H groups in total. The molecule has 4 rings (SSSR count). The summed E-state index contributed by atoms with van der Waals surface area (Å²) in [6.45, 7) is 6.17. The highest BCUT2D eigenvalue weighted by molar-refractivity contribution is 5.97. The number of ether oxygens (including phenoxy) is 1. The molecule has 8 heteroatoms. The van der Waals surface area contributed by atoms with Gasteiger partial charge in [-0.25, -0.2) is 0 Å². The molecule has 8 nitrogen and oxygen atoms in total. The monoisotopic (exact) mass is 397 g/mol. The Kier molecular flexibility index (Phi) is 5.25. The number of carbonyl (C=O) groups is 2. The van der Waals surface area contributed by atoms with Crippen LogP contribution >= 0.6 is 0 Å². The number of hydrogen-bond acceptors (Lipinski definition) is 5. The number of amides is 2. The second kappa shape index (κ2) is 7.85. The van der Waals surface area contributed by atoms with Gasteiger partial charge in [0.15, 0.2) is 5.82 Å². The molecule has 0 radical (unpaired) electrons. The number of likely N-dealkylation sites (tertiary alicyclic amines) is 1. The van der Waals surface area contributed by atoms with Crippen molar-refractivity contribution in [2.75, 3.05) is 26.7 Å². The van der Waals surface area contributed by atoms with Crippen LogP contribution in [-0.4, -0.2) is 63.1 Å². The Morgan fingerprint density at radius 1 is 1.14 bits per heavy atom. The van der Waals surface area contributed by atoms with E-state index in [1.807, 2.05) is 34.9 Å². The second-order valence-electron chi connectivity index (χ2n) is 7.69. The van der Waals surface area contributed by atoms with Gasteiger partial charge in [-0.1, -0.05) is 12.1 Å². The fourth-order valence-electron chi connectivity index (χ4n) is 4.43. The zero-order valence-corrected chi connectivity index (χ0v) is 17.2. The third kappa shape index (κ3) is 3.47. The van der Waals surface area contributed by atoms with E-state index >= 15 is 0 Å². The first-order chi connectivity index (χ1) is 14.0. The summed E-state index contributed by atoms with van der Waals surface area (Å²) in [4.78, 5) is 28.9. The first-order valence-electron chi connectivity index (χ1n) is 10.1. The van der Waals surface area contributed by atoms with Crippen LogP contribution in [0.2, 0.25) is 0 Å². The normalized spacial score (nSPS) is 19.1. The Hall–Kier alpha value is -2.90. The van der Waals surface area contributed by atoms with Gasteiger partial charge >= 0.3 is 0 Å². The molecule has 0 bridgehead atoms. The Morgan fingerprint density at radius 2 is 1.97 bits per heavy atom. The van der Waals surface area contributed by atoms with E-state index in [0.29, 0.717) is 43.9 Å². The van der Waals surface area contributed by atoms with E-state index in [4.69, 9.17) is 4.74 Å². The molecule has 2 aromatic rings. The van der Waals surface area contributed by atoms with Crippen molar-refractivity contribution in [3.63, 3.8) is 0 Å². The SMILES string of the molecule is COc1c(C)cccc1C(=O)N1CCC[C@@H]1c1nnc2n1CCN(C(C)=O)CC2. The topological polar surface area (TPSA) is 80.6 Å². The summed E-state index contributed by atoms with van der Waals surface area (Å²) in [7, 11) is 1.60. The van der Waals surface area contributed by atoms with Crippen molar-refractivity contribution < 1.29 is 14.3 Å². The molecule has 2 amide bonds. The first-order valence-corrected chi connectivity index (χ1v) is 10.1. The number of aromatic nitrogens is 3. The summed E-state index contributed by atoms with van der Waals surface area (Å²) >= 11 is 0. The molecule has 2 aliphatic rings. The molecule has 154 valence electrons. The van der Waals surface area contributed by atoms with Crippen molar-refractivity contribution in [2.24, 2.45) is 0 Å². The van der Waals surface area contributed by atoms with Crippen LogP contribution in [0.1, 0.15) is 53.4 Å². The molecule has 0 unspecified atom stereocenters. The molecule has 29 heavy (non-hydrogen) atoms. The second-order valence-corrected chi connectivity index (χ2v) is 7.69. The smallest absolute Gasteiger partial charge is 0.258 e. The molecule has 0 spiro atoms. The summed E-state index contributed by atoms with van der Waals surface area (Å²) < 4.78 is 7.61. The Labute approximate surface area is 170 Å². The maximum atomic E-state index is 13.4. The summed E-state index contributed by atoms with van der Waals surface area (Å²) in [6, 6.07) is 5.53. The summed E-state index contributed by atoms with van der Waals surface area (Å²) in [5.74, 6) is 2.37. The van der Waals surface area contributed by atoms with Crippen LogP contribution in [0.5, 0.6) is 5.75 Å². The van der Waals surface area contributed by atoms with Gasteiger partial charge in [0.25, 0.3) is 5.91 Å². The molecule has 3 heterocycles. The summed E-state index contributed by atoms with van der Waals surface area (Å²) in [5.41, 5.74) is 1.52. The van der Waals surface area contributed by atoms with Gasteiger partial charge in [-0.15, -0.1) is 10.2 Å². The van der Waals surface area contributed by atoms with Crippen LogP contribution in [0.15, 0.2) is 18.2 Å². The van der Waals surface area contributed by atoms with Crippen molar-refractivity contribution in [3.05, 3.63) is 41.0 Å². The Bertz CT molecular complexity index is 938. The van der Waals surface area contributed by atoms with Gasteiger partial charge < -0.3 is 19.1 Å². The van der Waals surface area contributed by atoms with Crippen LogP contribution in [-0.2, 0) is 17.8 Å². The highest BCUT2D eigenvalue weighted by Gasteiger charge is 2.36. The molecule has 2 aliphatic heterocycles. The maximum Gasteiger partial charge on any atom is 0.258 e. The molecule has 1 atom stereocenters. The van der Waals surface area contributed by atoms with E-state index in [9.17, 15) is 9.59 Å². The molecule has 1 aromatic heterocycles. The van der Waals surface area contributed by atoms with E-state index in [2.05, 4.69) is 14.8 Å². The number of carbonyl (C=O) groups excluding carboxylic acids is 2.